The molecular formula is C24H23N3O4. The van der Waals surface area contributed by atoms with Gasteiger partial charge in [-0.05, 0) is 43.0 Å². The van der Waals surface area contributed by atoms with Gasteiger partial charge in [0, 0.05) is 29.3 Å². The van der Waals surface area contributed by atoms with Crippen molar-refractivity contribution in [2.24, 2.45) is 0 Å². The summed E-state index contributed by atoms with van der Waals surface area (Å²) in [5, 5.41) is 7.07. The topological polar surface area (TPSA) is 84.7 Å². The van der Waals surface area contributed by atoms with Crippen LogP contribution in [0.15, 0.2) is 53.1 Å². The zero-order chi connectivity index (χ0) is 21.4. The molecule has 0 bridgehead atoms. The van der Waals surface area contributed by atoms with E-state index in [0.29, 0.717) is 13.1 Å². The molecule has 1 saturated heterocycles. The van der Waals surface area contributed by atoms with Gasteiger partial charge < -0.3 is 14.6 Å². The molecule has 1 aliphatic carbocycles. The Hall–Kier alpha value is -3.61. The number of cyclic esters (lactones) is 1. The second-order valence-corrected chi connectivity index (χ2v) is 7.95. The molecular weight excluding hydrogens is 394 g/mol. The van der Waals surface area contributed by atoms with Crippen molar-refractivity contribution in [2.75, 3.05) is 18.0 Å². The molecule has 158 valence electrons. The van der Waals surface area contributed by atoms with Gasteiger partial charge >= 0.3 is 6.09 Å². The largest absolute Gasteiger partial charge is 0.442 e. The molecule has 0 saturated carbocycles. The van der Waals surface area contributed by atoms with E-state index < -0.39 is 6.09 Å². The van der Waals surface area contributed by atoms with E-state index in [4.69, 9.17) is 9.26 Å². The summed E-state index contributed by atoms with van der Waals surface area (Å²) >= 11 is 0. The van der Waals surface area contributed by atoms with E-state index >= 15 is 0 Å². The van der Waals surface area contributed by atoms with Crippen molar-refractivity contribution in [3.63, 3.8) is 0 Å². The number of anilines is 1. The normalized spacial score (nSPS) is 17.5. The van der Waals surface area contributed by atoms with E-state index in [9.17, 15) is 9.59 Å². The lowest BCUT2D eigenvalue weighted by Gasteiger charge is -2.15. The van der Waals surface area contributed by atoms with Crippen molar-refractivity contribution >= 4 is 17.7 Å². The number of hydrogen-bond donors (Lipinski definition) is 1. The molecule has 0 spiro atoms. The van der Waals surface area contributed by atoms with Crippen molar-refractivity contribution < 1.29 is 18.8 Å². The summed E-state index contributed by atoms with van der Waals surface area (Å²) in [4.78, 5) is 25.1. The molecule has 1 fully saturated rings. The number of nitrogens with one attached hydrogen (secondary N) is 1. The lowest BCUT2D eigenvalue weighted by Crippen LogP contribution is -2.33. The van der Waals surface area contributed by atoms with Crippen LogP contribution in [0.3, 0.4) is 0 Å². The van der Waals surface area contributed by atoms with Gasteiger partial charge in [-0.25, -0.2) is 4.79 Å². The number of ether oxygens (including phenoxy) is 1. The summed E-state index contributed by atoms with van der Waals surface area (Å²) in [6, 6.07) is 16.0. The molecule has 1 atom stereocenters. The number of amides is 2. The van der Waals surface area contributed by atoms with Crippen molar-refractivity contribution in [1.82, 2.24) is 10.5 Å². The van der Waals surface area contributed by atoms with E-state index in [-0.39, 0.29) is 12.0 Å². The first-order valence-electron chi connectivity index (χ1n) is 10.5. The monoisotopic (exact) mass is 417 g/mol. The van der Waals surface area contributed by atoms with Crippen molar-refractivity contribution in [2.45, 2.75) is 32.3 Å². The van der Waals surface area contributed by atoms with Crippen molar-refractivity contribution in [3.05, 3.63) is 59.7 Å². The van der Waals surface area contributed by atoms with Gasteiger partial charge in [0.15, 0.2) is 5.76 Å². The molecule has 5 rings (SSSR count). The SMILES string of the molecule is CC(=O)NC[C@H]1CN(c2ccc3c(c2)CCCc2c(-c4ccccc4)noc2-3)C(=O)O1. The lowest BCUT2D eigenvalue weighted by molar-refractivity contribution is -0.119. The fourth-order valence-corrected chi connectivity index (χ4v) is 4.30. The van der Waals surface area contributed by atoms with Crippen LogP contribution in [0.2, 0.25) is 0 Å². The van der Waals surface area contributed by atoms with E-state index in [1.807, 2.05) is 48.5 Å². The summed E-state index contributed by atoms with van der Waals surface area (Å²) in [5.74, 6) is 0.669. The first kappa shape index (κ1) is 19.4. The van der Waals surface area contributed by atoms with E-state index in [0.717, 1.165) is 58.7 Å². The summed E-state index contributed by atoms with van der Waals surface area (Å²) in [5.41, 5.74) is 6.03. The van der Waals surface area contributed by atoms with Crippen LogP contribution < -0.4 is 10.2 Å². The second-order valence-electron chi connectivity index (χ2n) is 7.95. The standard InChI is InChI=1S/C24H23N3O4/c1-15(28)25-13-19-14-27(24(29)30-19)18-10-11-20-17(12-18)8-5-9-21-22(26-31-23(20)21)16-6-3-2-4-7-16/h2-4,6-7,10-12,19H,5,8-9,13-14H2,1H3,(H,25,28)/t19-/m0/s1. The molecule has 3 aromatic rings. The van der Waals surface area contributed by atoms with Gasteiger partial charge in [0.1, 0.15) is 11.8 Å². The molecule has 31 heavy (non-hydrogen) atoms. The number of rotatable bonds is 4. The molecule has 0 unspecified atom stereocenters. The number of carbonyl (C=O) groups excluding carboxylic acids is 2. The van der Waals surface area contributed by atoms with Gasteiger partial charge in [0.25, 0.3) is 0 Å². The van der Waals surface area contributed by atoms with Gasteiger partial charge in [-0.1, -0.05) is 35.5 Å². The van der Waals surface area contributed by atoms with E-state index in [2.05, 4.69) is 10.5 Å². The molecule has 7 heteroatoms. The third-order valence-electron chi connectivity index (χ3n) is 5.81. The highest BCUT2D eigenvalue weighted by Gasteiger charge is 2.33. The zero-order valence-electron chi connectivity index (χ0n) is 17.3. The van der Waals surface area contributed by atoms with Gasteiger partial charge in [0.05, 0.1) is 13.1 Å². The number of aromatic nitrogens is 1. The van der Waals surface area contributed by atoms with Crippen LogP contribution >= 0.6 is 0 Å². The van der Waals surface area contributed by atoms with Crippen LogP contribution in [-0.2, 0) is 22.4 Å². The first-order chi connectivity index (χ1) is 15.1. The third kappa shape index (κ3) is 3.67. The van der Waals surface area contributed by atoms with E-state index in [1.165, 1.54) is 6.92 Å². The van der Waals surface area contributed by atoms with Gasteiger partial charge in [0.2, 0.25) is 5.91 Å². The molecule has 2 aromatic carbocycles. The van der Waals surface area contributed by atoms with Gasteiger partial charge in [-0.15, -0.1) is 0 Å². The van der Waals surface area contributed by atoms with Crippen LogP contribution in [-0.4, -0.2) is 36.4 Å². The summed E-state index contributed by atoms with van der Waals surface area (Å²) in [6.07, 6.45) is 2.00. The van der Waals surface area contributed by atoms with Crippen LogP contribution in [0.4, 0.5) is 10.5 Å². The van der Waals surface area contributed by atoms with Crippen LogP contribution in [0.5, 0.6) is 0 Å². The number of aryl methyl sites for hydroxylation is 1. The smallest absolute Gasteiger partial charge is 0.414 e. The summed E-state index contributed by atoms with van der Waals surface area (Å²) in [7, 11) is 0. The fraction of sp³-hybridized carbons (Fsp3) is 0.292. The maximum absolute atomic E-state index is 12.4. The number of benzene rings is 2. The van der Waals surface area contributed by atoms with Crippen molar-refractivity contribution in [3.8, 4) is 22.6 Å². The number of hydrogen-bond acceptors (Lipinski definition) is 5. The molecule has 1 aromatic heterocycles. The minimum atomic E-state index is -0.393. The quantitative estimate of drug-likeness (QED) is 0.695. The van der Waals surface area contributed by atoms with Crippen LogP contribution in [0, 0.1) is 0 Å². The van der Waals surface area contributed by atoms with Crippen molar-refractivity contribution in [1.29, 1.82) is 0 Å². The molecule has 1 aliphatic heterocycles. The lowest BCUT2D eigenvalue weighted by atomic mass is 10.00. The fourth-order valence-electron chi connectivity index (χ4n) is 4.30. The number of carbonyl (C=O) groups is 2. The Morgan fingerprint density at radius 1 is 1.19 bits per heavy atom. The first-order valence-corrected chi connectivity index (χ1v) is 10.5. The zero-order valence-corrected chi connectivity index (χ0v) is 17.3. The minimum absolute atomic E-state index is 0.141. The molecule has 1 N–H and O–H groups in total. The average Bonchev–Trinajstić information content (AvgIpc) is 3.31. The van der Waals surface area contributed by atoms with Gasteiger partial charge in [-0.2, -0.15) is 0 Å². The third-order valence-corrected chi connectivity index (χ3v) is 5.81. The Morgan fingerprint density at radius 2 is 2.03 bits per heavy atom. The maximum Gasteiger partial charge on any atom is 0.414 e. The summed E-state index contributed by atoms with van der Waals surface area (Å²) < 4.78 is 11.2. The second kappa shape index (κ2) is 7.91. The Balaban J connectivity index is 1.43. The van der Waals surface area contributed by atoms with Crippen LogP contribution in [0.25, 0.3) is 22.6 Å². The highest BCUT2D eigenvalue weighted by molar-refractivity contribution is 5.90. The average molecular weight is 417 g/mol. The van der Waals surface area contributed by atoms with Gasteiger partial charge in [-0.3, -0.25) is 9.69 Å². The highest BCUT2D eigenvalue weighted by Crippen LogP contribution is 2.39. The predicted molar refractivity (Wildman–Crippen MR) is 116 cm³/mol. The summed E-state index contributed by atoms with van der Waals surface area (Å²) in [6.45, 7) is 2.16. The molecule has 2 aliphatic rings. The Bertz CT molecular complexity index is 1140. The number of fused-ring (bicyclic) bond motifs is 3. The number of nitrogens with zero attached hydrogens (tertiary/aromatic N) is 2. The Labute approximate surface area is 180 Å². The Morgan fingerprint density at radius 3 is 2.84 bits per heavy atom. The molecule has 2 amide bonds. The highest BCUT2D eigenvalue weighted by atomic mass is 16.6. The molecule has 0 radical (unpaired) electrons. The van der Waals surface area contributed by atoms with E-state index in [1.54, 1.807) is 4.90 Å². The predicted octanol–water partition coefficient (Wildman–Crippen LogP) is 3.96. The van der Waals surface area contributed by atoms with Crippen LogP contribution in [0.1, 0.15) is 24.5 Å². The maximum atomic E-state index is 12.4. The Kier molecular flexibility index (Phi) is 4.94. The minimum Gasteiger partial charge on any atom is -0.442 e. The molecule has 7 nitrogen and oxygen atoms in total. The molecule has 2 heterocycles.